The summed E-state index contributed by atoms with van der Waals surface area (Å²) in [6.07, 6.45) is 0.501. The minimum atomic E-state index is -3.07. The quantitative estimate of drug-likeness (QED) is 0.903. The van der Waals surface area contributed by atoms with Crippen molar-refractivity contribution in [1.82, 2.24) is 19.5 Å². The number of pyridine rings is 1. The maximum atomic E-state index is 14.0. The summed E-state index contributed by atoms with van der Waals surface area (Å²) < 4.78 is 29.5. The van der Waals surface area contributed by atoms with Gasteiger partial charge in [0.1, 0.15) is 0 Å². The van der Waals surface area contributed by atoms with E-state index in [1.54, 1.807) is 22.8 Å². The summed E-state index contributed by atoms with van der Waals surface area (Å²) in [6.45, 7) is -0.666. The van der Waals surface area contributed by atoms with Crippen LogP contribution in [0.5, 0.6) is 0 Å². The molecule has 1 fully saturated rings. The van der Waals surface area contributed by atoms with Crippen LogP contribution in [-0.2, 0) is 0 Å². The molecule has 118 valence electrons. The summed E-state index contributed by atoms with van der Waals surface area (Å²) in [4.78, 5) is 15.7. The Morgan fingerprint density at radius 2 is 2.32 bits per heavy atom. The predicted molar refractivity (Wildman–Crippen MR) is 74.1 cm³/mol. The highest BCUT2D eigenvalue weighted by Gasteiger charge is 2.45. The molecule has 1 aliphatic heterocycles. The lowest BCUT2D eigenvalue weighted by Gasteiger charge is -2.36. The third kappa shape index (κ3) is 2.78. The number of likely N-dealkylation sites (tertiary alicyclic amines) is 1. The second-order valence-electron chi connectivity index (χ2n) is 5.27. The fraction of sp³-hybridized carbons (Fsp3) is 0.462. The van der Waals surface area contributed by atoms with Crippen LogP contribution >= 0.6 is 0 Å². The number of anilines is 1. The highest BCUT2D eigenvalue weighted by atomic mass is 19.3. The molecule has 9 heteroatoms. The van der Waals surface area contributed by atoms with Crippen molar-refractivity contribution in [2.24, 2.45) is 5.92 Å². The zero-order chi connectivity index (χ0) is 15.7. The van der Waals surface area contributed by atoms with Crippen molar-refractivity contribution in [2.75, 3.05) is 25.0 Å². The van der Waals surface area contributed by atoms with Crippen LogP contribution in [0.1, 0.15) is 6.42 Å². The van der Waals surface area contributed by atoms with Gasteiger partial charge in [0.25, 0.3) is 5.92 Å². The largest absolute Gasteiger partial charge is 0.465 e. The monoisotopic (exact) mass is 311 g/mol. The van der Waals surface area contributed by atoms with Gasteiger partial charge in [0.15, 0.2) is 5.65 Å². The lowest BCUT2D eigenvalue weighted by atomic mass is 9.93. The molecule has 0 spiro atoms. The molecule has 1 atom stereocenters. The molecule has 3 rings (SSSR count). The SMILES string of the molecule is O=C(O)N1CC[C@H](CNc2nc3ccccn3n2)C(F)(F)C1. The Morgan fingerprint density at radius 3 is 3.00 bits per heavy atom. The second-order valence-corrected chi connectivity index (χ2v) is 5.27. The molecule has 1 aliphatic rings. The van der Waals surface area contributed by atoms with E-state index >= 15 is 0 Å². The van der Waals surface area contributed by atoms with Crippen LogP contribution in [0, 0.1) is 5.92 Å². The van der Waals surface area contributed by atoms with Crippen molar-refractivity contribution < 1.29 is 18.7 Å². The van der Waals surface area contributed by atoms with E-state index in [0.29, 0.717) is 5.65 Å². The number of nitrogens with zero attached hydrogens (tertiary/aromatic N) is 4. The molecular formula is C13H15F2N5O2. The number of rotatable bonds is 3. The number of piperidine rings is 1. The van der Waals surface area contributed by atoms with E-state index in [2.05, 4.69) is 15.4 Å². The lowest BCUT2D eigenvalue weighted by Crippen LogP contribution is -2.52. The van der Waals surface area contributed by atoms with Crippen LogP contribution < -0.4 is 5.32 Å². The summed E-state index contributed by atoms with van der Waals surface area (Å²) in [7, 11) is 0. The van der Waals surface area contributed by atoms with Gasteiger partial charge >= 0.3 is 6.09 Å². The molecule has 0 aromatic carbocycles. The summed E-state index contributed by atoms with van der Waals surface area (Å²) in [5.74, 6) is -3.74. The van der Waals surface area contributed by atoms with Gasteiger partial charge in [-0.05, 0) is 18.6 Å². The van der Waals surface area contributed by atoms with Gasteiger partial charge in [0.2, 0.25) is 5.95 Å². The molecule has 22 heavy (non-hydrogen) atoms. The van der Waals surface area contributed by atoms with E-state index in [1.165, 1.54) is 0 Å². The number of carbonyl (C=O) groups is 1. The van der Waals surface area contributed by atoms with Gasteiger partial charge < -0.3 is 15.3 Å². The molecule has 1 amide bonds. The Kier molecular flexibility index (Phi) is 3.55. The van der Waals surface area contributed by atoms with E-state index in [4.69, 9.17) is 5.11 Å². The molecule has 7 nitrogen and oxygen atoms in total. The molecule has 0 aliphatic carbocycles. The van der Waals surface area contributed by atoms with Crippen LogP contribution in [0.3, 0.4) is 0 Å². The van der Waals surface area contributed by atoms with Crippen LogP contribution in [0.4, 0.5) is 19.5 Å². The Bertz CT molecular complexity index is 657. The number of nitrogens with one attached hydrogen (secondary N) is 1. The first kappa shape index (κ1) is 14.5. The fourth-order valence-corrected chi connectivity index (χ4v) is 2.52. The molecule has 0 saturated carbocycles. The highest BCUT2D eigenvalue weighted by Crippen LogP contribution is 2.33. The Hall–Kier alpha value is -2.45. The van der Waals surface area contributed by atoms with E-state index in [-0.39, 0.29) is 25.5 Å². The van der Waals surface area contributed by atoms with E-state index in [9.17, 15) is 13.6 Å². The summed E-state index contributed by atoms with van der Waals surface area (Å²) in [6, 6.07) is 5.36. The first-order valence-electron chi connectivity index (χ1n) is 6.87. The normalized spacial score (nSPS) is 21.0. The maximum absolute atomic E-state index is 14.0. The van der Waals surface area contributed by atoms with Gasteiger partial charge in [-0.1, -0.05) is 6.07 Å². The lowest BCUT2D eigenvalue weighted by molar-refractivity contribution is -0.0992. The topological polar surface area (TPSA) is 82.8 Å². The standard InChI is InChI=1S/C13H15F2N5O2/c14-13(15)8-19(12(21)22)6-4-9(13)7-16-11-17-10-3-1-2-5-20(10)18-11/h1-3,5,9H,4,6-8H2,(H,16,18)(H,21,22)/t9-/m1/s1. The van der Waals surface area contributed by atoms with Gasteiger partial charge in [0.05, 0.1) is 6.54 Å². The summed E-state index contributed by atoms with van der Waals surface area (Å²) >= 11 is 0. The van der Waals surface area contributed by atoms with Crippen LogP contribution in [0.15, 0.2) is 24.4 Å². The number of alkyl halides is 2. The Morgan fingerprint density at radius 1 is 1.50 bits per heavy atom. The van der Waals surface area contributed by atoms with Crippen molar-refractivity contribution in [1.29, 1.82) is 0 Å². The second kappa shape index (κ2) is 5.39. The van der Waals surface area contributed by atoms with Crippen molar-refractivity contribution in [3.8, 4) is 0 Å². The van der Waals surface area contributed by atoms with Gasteiger partial charge in [-0.15, -0.1) is 5.10 Å². The van der Waals surface area contributed by atoms with Gasteiger partial charge in [-0.2, -0.15) is 4.98 Å². The predicted octanol–water partition coefficient (Wildman–Crippen LogP) is 1.78. The molecule has 2 aromatic rings. The molecule has 0 bridgehead atoms. The van der Waals surface area contributed by atoms with Crippen molar-refractivity contribution >= 4 is 17.7 Å². The van der Waals surface area contributed by atoms with E-state index in [0.717, 1.165) is 4.90 Å². The minimum absolute atomic E-state index is 0.00264. The molecule has 2 N–H and O–H groups in total. The van der Waals surface area contributed by atoms with Crippen molar-refractivity contribution in [3.05, 3.63) is 24.4 Å². The first-order valence-corrected chi connectivity index (χ1v) is 6.87. The number of hydrogen-bond donors (Lipinski definition) is 2. The molecule has 0 radical (unpaired) electrons. The molecule has 1 saturated heterocycles. The Labute approximate surface area is 124 Å². The molecule has 0 unspecified atom stereocenters. The smallest absolute Gasteiger partial charge is 0.407 e. The molecular weight excluding hydrogens is 296 g/mol. The van der Waals surface area contributed by atoms with Crippen LogP contribution in [0.2, 0.25) is 0 Å². The number of aromatic nitrogens is 3. The van der Waals surface area contributed by atoms with Gasteiger partial charge in [0, 0.05) is 25.2 Å². The van der Waals surface area contributed by atoms with Gasteiger partial charge in [-0.25, -0.2) is 18.1 Å². The third-order valence-electron chi connectivity index (χ3n) is 3.76. The third-order valence-corrected chi connectivity index (χ3v) is 3.76. The zero-order valence-corrected chi connectivity index (χ0v) is 11.6. The number of amides is 1. The highest BCUT2D eigenvalue weighted by molar-refractivity contribution is 5.65. The summed E-state index contributed by atoms with van der Waals surface area (Å²) in [5.41, 5.74) is 0.623. The fourth-order valence-electron chi connectivity index (χ4n) is 2.52. The van der Waals surface area contributed by atoms with Crippen molar-refractivity contribution in [3.63, 3.8) is 0 Å². The maximum Gasteiger partial charge on any atom is 0.407 e. The number of carboxylic acid groups (broad SMARTS) is 1. The average molecular weight is 311 g/mol. The summed E-state index contributed by atoms with van der Waals surface area (Å²) in [5, 5.41) is 15.7. The number of hydrogen-bond acceptors (Lipinski definition) is 4. The minimum Gasteiger partial charge on any atom is -0.465 e. The van der Waals surface area contributed by atoms with E-state index in [1.807, 2.05) is 6.07 Å². The zero-order valence-electron chi connectivity index (χ0n) is 11.6. The Balaban J connectivity index is 1.64. The first-order chi connectivity index (χ1) is 10.5. The van der Waals surface area contributed by atoms with Crippen LogP contribution in [0.25, 0.3) is 5.65 Å². The molecule has 2 aromatic heterocycles. The number of fused-ring (bicyclic) bond motifs is 1. The van der Waals surface area contributed by atoms with Crippen molar-refractivity contribution in [2.45, 2.75) is 12.3 Å². The number of halogens is 2. The van der Waals surface area contributed by atoms with Crippen LogP contribution in [-0.4, -0.2) is 56.3 Å². The van der Waals surface area contributed by atoms with Gasteiger partial charge in [-0.3, -0.25) is 0 Å². The average Bonchev–Trinajstić information content (AvgIpc) is 2.87. The molecule has 3 heterocycles. The van der Waals surface area contributed by atoms with E-state index < -0.39 is 24.5 Å².